The summed E-state index contributed by atoms with van der Waals surface area (Å²) in [5.74, 6) is 2.38. The highest BCUT2D eigenvalue weighted by molar-refractivity contribution is 7.97. The average molecular weight is 471 g/mol. The van der Waals surface area contributed by atoms with E-state index in [1.54, 1.807) is 11.4 Å². The number of urea groups is 1. The molecular weight excluding hydrogens is 440 g/mol. The van der Waals surface area contributed by atoms with E-state index in [1.165, 1.54) is 11.9 Å². The lowest BCUT2D eigenvalue weighted by Gasteiger charge is -2.37. The van der Waals surface area contributed by atoms with Crippen molar-refractivity contribution >= 4 is 29.4 Å². The molecular formula is C24H30N4O4S. The van der Waals surface area contributed by atoms with Crippen LogP contribution in [-0.4, -0.2) is 74.8 Å². The summed E-state index contributed by atoms with van der Waals surface area (Å²) < 4.78 is 18.9. The first-order valence-electron chi connectivity index (χ1n) is 11.5. The minimum Gasteiger partial charge on any atom is -0.495 e. The molecule has 0 radical (unpaired) electrons. The summed E-state index contributed by atoms with van der Waals surface area (Å²) in [5.41, 5.74) is 1.95. The van der Waals surface area contributed by atoms with Gasteiger partial charge in [0.15, 0.2) is 11.5 Å². The number of nitrogens with zero attached hydrogens (tertiary/aromatic N) is 3. The zero-order valence-corrected chi connectivity index (χ0v) is 19.7. The minimum absolute atomic E-state index is 0.0806. The van der Waals surface area contributed by atoms with Crippen LogP contribution in [0.15, 0.2) is 41.3 Å². The van der Waals surface area contributed by atoms with Gasteiger partial charge in [-0.25, -0.2) is 4.79 Å². The van der Waals surface area contributed by atoms with E-state index in [-0.39, 0.29) is 6.03 Å². The van der Waals surface area contributed by atoms with Gasteiger partial charge in [-0.15, -0.1) is 0 Å². The van der Waals surface area contributed by atoms with Gasteiger partial charge in [-0.3, -0.25) is 9.21 Å². The van der Waals surface area contributed by atoms with E-state index >= 15 is 0 Å². The monoisotopic (exact) mass is 470 g/mol. The Bertz CT molecular complexity index is 996. The zero-order chi connectivity index (χ0) is 22.6. The van der Waals surface area contributed by atoms with Gasteiger partial charge in [0.2, 0.25) is 0 Å². The smallest absolute Gasteiger partial charge is 0.332 e. The number of carbonyl (C=O) groups is 1. The third-order valence-corrected chi connectivity index (χ3v) is 7.26. The molecule has 0 aromatic heterocycles. The Balaban J connectivity index is 1.12. The maximum atomic E-state index is 12.6. The number of para-hydroxylation sites is 2. The average Bonchev–Trinajstić information content (AvgIpc) is 3.08. The molecule has 0 atom stereocenters. The maximum absolute atomic E-state index is 12.6. The van der Waals surface area contributed by atoms with Gasteiger partial charge in [-0.05, 0) is 30.5 Å². The highest BCUT2D eigenvalue weighted by atomic mass is 32.2. The Morgan fingerprint density at radius 1 is 1.03 bits per heavy atom. The molecule has 2 amide bonds. The summed E-state index contributed by atoms with van der Waals surface area (Å²) in [6.45, 7) is 6.89. The summed E-state index contributed by atoms with van der Waals surface area (Å²) in [4.78, 5) is 18.5. The molecule has 0 spiro atoms. The number of piperazine rings is 1. The Labute approximate surface area is 198 Å². The van der Waals surface area contributed by atoms with Crippen LogP contribution in [-0.2, 0) is 0 Å². The summed E-state index contributed by atoms with van der Waals surface area (Å²) in [6, 6.07) is 12.0. The summed E-state index contributed by atoms with van der Waals surface area (Å²) in [5, 5.41) is 3.00. The molecule has 3 aliphatic rings. The number of nitrogens with one attached hydrogen (secondary N) is 1. The van der Waals surface area contributed by atoms with Crippen molar-refractivity contribution < 1.29 is 19.0 Å². The highest BCUT2D eigenvalue weighted by Crippen LogP contribution is 2.43. The van der Waals surface area contributed by atoms with Crippen LogP contribution in [0.3, 0.4) is 0 Å². The van der Waals surface area contributed by atoms with E-state index in [0.717, 1.165) is 73.3 Å². The molecule has 5 rings (SSSR count). The van der Waals surface area contributed by atoms with Gasteiger partial charge in [-0.2, -0.15) is 0 Å². The lowest BCUT2D eigenvalue weighted by atomic mass is 10.2. The Hall–Kier alpha value is -2.78. The SMILES string of the molecule is COc1ccccc1N1CCN(CCCN2Sc3cc4c(cc3NC2=O)OCCCO4)CC1. The van der Waals surface area contributed by atoms with Crippen molar-refractivity contribution in [2.45, 2.75) is 17.7 Å². The lowest BCUT2D eigenvalue weighted by Crippen LogP contribution is -2.47. The van der Waals surface area contributed by atoms with Crippen LogP contribution >= 0.6 is 11.9 Å². The van der Waals surface area contributed by atoms with E-state index in [4.69, 9.17) is 14.2 Å². The van der Waals surface area contributed by atoms with Crippen LogP contribution in [0.25, 0.3) is 0 Å². The number of rotatable bonds is 6. The number of hydrogen-bond donors (Lipinski definition) is 1. The first-order chi connectivity index (χ1) is 16.2. The summed E-state index contributed by atoms with van der Waals surface area (Å²) >= 11 is 1.48. The topological polar surface area (TPSA) is 66.5 Å². The molecule has 2 aromatic carbocycles. The van der Waals surface area contributed by atoms with Gasteiger partial charge in [-0.1, -0.05) is 12.1 Å². The van der Waals surface area contributed by atoms with Crippen molar-refractivity contribution in [2.24, 2.45) is 0 Å². The van der Waals surface area contributed by atoms with Crippen molar-refractivity contribution in [3.8, 4) is 17.2 Å². The highest BCUT2D eigenvalue weighted by Gasteiger charge is 2.27. The van der Waals surface area contributed by atoms with Crippen molar-refractivity contribution in [1.29, 1.82) is 0 Å². The van der Waals surface area contributed by atoms with Gasteiger partial charge in [0, 0.05) is 57.8 Å². The molecule has 1 N–H and O–H groups in total. The third kappa shape index (κ3) is 4.94. The van der Waals surface area contributed by atoms with E-state index in [0.29, 0.717) is 25.5 Å². The minimum atomic E-state index is -0.0806. The number of anilines is 2. The molecule has 176 valence electrons. The fourth-order valence-corrected chi connectivity index (χ4v) is 5.34. The number of methoxy groups -OCH3 is 1. The molecule has 0 aliphatic carbocycles. The normalized spacial score (nSPS) is 18.4. The third-order valence-electron chi connectivity index (χ3n) is 6.16. The predicted octanol–water partition coefficient (Wildman–Crippen LogP) is 3.92. The van der Waals surface area contributed by atoms with Gasteiger partial charge >= 0.3 is 6.03 Å². The summed E-state index contributed by atoms with van der Waals surface area (Å²) in [7, 11) is 1.72. The van der Waals surface area contributed by atoms with Gasteiger partial charge in [0.1, 0.15) is 5.75 Å². The van der Waals surface area contributed by atoms with Crippen LogP contribution in [0.4, 0.5) is 16.2 Å². The quantitative estimate of drug-likeness (QED) is 0.642. The number of benzene rings is 2. The Morgan fingerprint density at radius 3 is 2.58 bits per heavy atom. The molecule has 0 unspecified atom stereocenters. The van der Waals surface area contributed by atoms with Crippen molar-refractivity contribution in [3.05, 3.63) is 36.4 Å². The molecule has 8 nitrogen and oxygen atoms in total. The molecule has 1 saturated heterocycles. The van der Waals surface area contributed by atoms with E-state index in [9.17, 15) is 4.79 Å². The zero-order valence-electron chi connectivity index (χ0n) is 18.9. The predicted molar refractivity (Wildman–Crippen MR) is 130 cm³/mol. The summed E-state index contributed by atoms with van der Waals surface area (Å²) in [6.07, 6.45) is 1.78. The van der Waals surface area contributed by atoms with Gasteiger partial charge in [0.05, 0.1) is 36.6 Å². The van der Waals surface area contributed by atoms with E-state index in [2.05, 4.69) is 27.2 Å². The lowest BCUT2D eigenvalue weighted by molar-refractivity contribution is 0.228. The number of fused-ring (bicyclic) bond motifs is 2. The second-order valence-corrected chi connectivity index (χ2v) is 9.39. The first kappa shape index (κ1) is 22.0. The number of ether oxygens (including phenoxy) is 3. The fourth-order valence-electron chi connectivity index (χ4n) is 4.39. The van der Waals surface area contributed by atoms with Crippen LogP contribution < -0.4 is 24.4 Å². The molecule has 3 heterocycles. The van der Waals surface area contributed by atoms with Crippen LogP contribution in [0.2, 0.25) is 0 Å². The van der Waals surface area contributed by atoms with E-state index in [1.807, 2.05) is 24.3 Å². The fraction of sp³-hybridized carbons (Fsp3) is 0.458. The maximum Gasteiger partial charge on any atom is 0.332 e. The molecule has 9 heteroatoms. The van der Waals surface area contributed by atoms with Crippen LogP contribution in [0.1, 0.15) is 12.8 Å². The van der Waals surface area contributed by atoms with Gasteiger partial charge in [0.25, 0.3) is 0 Å². The number of hydrogen-bond acceptors (Lipinski definition) is 7. The van der Waals surface area contributed by atoms with Crippen molar-refractivity contribution in [3.63, 3.8) is 0 Å². The molecule has 3 aliphatic heterocycles. The van der Waals surface area contributed by atoms with Crippen LogP contribution in [0.5, 0.6) is 17.2 Å². The standard InChI is InChI=1S/C24H30N4O4S/c1-30-20-7-3-2-6-19(20)27-12-10-26(11-13-27)8-4-9-28-24(29)25-18-16-21-22(17-23(18)33-28)32-15-5-14-31-21/h2-3,6-7,16-17H,4-5,8-15H2,1H3,(H,25,29). The molecule has 2 aromatic rings. The van der Waals surface area contributed by atoms with Gasteiger partial charge < -0.3 is 24.4 Å². The van der Waals surface area contributed by atoms with Crippen molar-refractivity contribution in [1.82, 2.24) is 9.21 Å². The van der Waals surface area contributed by atoms with E-state index < -0.39 is 0 Å². The number of carbonyl (C=O) groups excluding carboxylic acids is 1. The second-order valence-electron chi connectivity index (χ2n) is 8.32. The second kappa shape index (κ2) is 10.0. The molecule has 33 heavy (non-hydrogen) atoms. The largest absolute Gasteiger partial charge is 0.495 e. The molecule has 0 saturated carbocycles. The van der Waals surface area contributed by atoms with Crippen molar-refractivity contribution in [2.75, 3.05) is 69.8 Å². The Morgan fingerprint density at radius 2 is 1.79 bits per heavy atom. The first-order valence-corrected chi connectivity index (χ1v) is 12.3. The molecule has 0 bridgehead atoms. The van der Waals surface area contributed by atoms with Crippen LogP contribution in [0, 0.1) is 0 Å². The molecule has 1 fully saturated rings. The number of amides is 2. The Kier molecular flexibility index (Phi) is 6.68.